The van der Waals surface area contributed by atoms with Crippen molar-refractivity contribution in [3.8, 4) is 16.3 Å². The minimum absolute atomic E-state index is 0.0568. The quantitative estimate of drug-likeness (QED) is 0.925. The van der Waals surface area contributed by atoms with Crippen LogP contribution in [-0.2, 0) is 10.0 Å². The van der Waals surface area contributed by atoms with E-state index in [9.17, 15) is 13.2 Å². The number of nitrogens with one attached hydrogen (secondary N) is 1. The third-order valence-electron chi connectivity index (χ3n) is 2.35. The molecule has 0 fully saturated rings. The van der Waals surface area contributed by atoms with Gasteiger partial charge in [-0.05, 0) is 12.1 Å². The van der Waals surface area contributed by atoms with Crippen LogP contribution >= 0.6 is 11.3 Å². The molecular formula is C12H12N2O4S2. The van der Waals surface area contributed by atoms with Gasteiger partial charge in [0.25, 0.3) is 5.91 Å². The fourth-order valence-electron chi connectivity index (χ4n) is 1.54. The van der Waals surface area contributed by atoms with Crippen LogP contribution < -0.4 is 9.46 Å². The van der Waals surface area contributed by atoms with Gasteiger partial charge < -0.3 is 4.74 Å². The van der Waals surface area contributed by atoms with Crippen molar-refractivity contribution in [1.82, 2.24) is 9.71 Å². The molecule has 1 aromatic carbocycles. The molecule has 6 nitrogen and oxygen atoms in total. The second kappa shape index (κ2) is 5.59. The molecule has 2 aromatic rings. The van der Waals surface area contributed by atoms with Crippen molar-refractivity contribution >= 4 is 27.3 Å². The maximum Gasteiger partial charge on any atom is 0.284 e. The Bertz CT molecular complexity index is 737. The summed E-state index contributed by atoms with van der Waals surface area (Å²) < 4.78 is 29.1. The average molecular weight is 312 g/mol. The largest absolute Gasteiger partial charge is 0.496 e. The highest BCUT2D eigenvalue weighted by atomic mass is 32.2. The molecule has 0 bridgehead atoms. The third-order valence-corrected chi connectivity index (χ3v) is 3.78. The second-order valence-electron chi connectivity index (χ2n) is 3.94. The summed E-state index contributed by atoms with van der Waals surface area (Å²) in [7, 11) is -2.05. The van der Waals surface area contributed by atoms with Gasteiger partial charge >= 0.3 is 0 Å². The molecule has 106 valence electrons. The molecule has 1 amide bonds. The highest BCUT2D eigenvalue weighted by Crippen LogP contribution is 2.31. The van der Waals surface area contributed by atoms with Crippen molar-refractivity contribution < 1.29 is 17.9 Å². The molecule has 0 aliphatic rings. The Labute approximate surface area is 120 Å². The predicted molar refractivity (Wildman–Crippen MR) is 76.4 cm³/mol. The highest BCUT2D eigenvalue weighted by Gasteiger charge is 2.16. The number of thiazole rings is 1. The van der Waals surface area contributed by atoms with Gasteiger partial charge in [-0.2, -0.15) is 0 Å². The summed E-state index contributed by atoms with van der Waals surface area (Å²) in [6, 6.07) is 7.26. The van der Waals surface area contributed by atoms with Gasteiger partial charge in [-0.3, -0.25) is 4.79 Å². The van der Waals surface area contributed by atoms with E-state index < -0.39 is 15.9 Å². The van der Waals surface area contributed by atoms with Crippen LogP contribution in [-0.4, -0.2) is 32.7 Å². The number of para-hydroxylation sites is 1. The number of carbonyl (C=O) groups excluding carboxylic acids is 1. The first kappa shape index (κ1) is 14.5. The molecule has 0 saturated carbocycles. The Balaban J connectivity index is 2.32. The number of benzene rings is 1. The van der Waals surface area contributed by atoms with Crippen LogP contribution in [0, 0.1) is 0 Å². The van der Waals surface area contributed by atoms with E-state index in [-0.39, 0.29) is 5.69 Å². The number of nitrogens with zero attached hydrogens (tertiary/aromatic N) is 1. The molecule has 1 heterocycles. The van der Waals surface area contributed by atoms with Gasteiger partial charge in [0.15, 0.2) is 0 Å². The van der Waals surface area contributed by atoms with Crippen molar-refractivity contribution in [1.29, 1.82) is 0 Å². The first-order chi connectivity index (χ1) is 9.40. The number of hydrogen-bond donors (Lipinski definition) is 1. The molecular weight excluding hydrogens is 300 g/mol. The monoisotopic (exact) mass is 312 g/mol. The molecule has 0 spiro atoms. The molecule has 0 unspecified atom stereocenters. The van der Waals surface area contributed by atoms with Crippen molar-refractivity contribution in [2.24, 2.45) is 0 Å². The summed E-state index contributed by atoms with van der Waals surface area (Å²) in [4.78, 5) is 15.8. The summed E-state index contributed by atoms with van der Waals surface area (Å²) in [6.45, 7) is 0. The Morgan fingerprint density at radius 2 is 2.05 bits per heavy atom. The van der Waals surface area contributed by atoms with Crippen LogP contribution in [0.2, 0.25) is 0 Å². The van der Waals surface area contributed by atoms with E-state index in [4.69, 9.17) is 4.74 Å². The number of methoxy groups -OCH3 is 1. The predicted octanol–water partition coefficient (Wildman–Crippen LogP) is 1.51. The topological polar surface area (TPSA) is 85.4 Å². The van der Waals surface area contributed by atoms with Crippen molar-refractivity contribution in [3.05, 3.63) is 35.3 Å². The van der Waals surface area contributed by atoms with Gasteiger partial charge in [0.2, 0.25) is 10.0 Å². The molecule has 20 heavy (non-hydrogen) atoms. The maximum atomic E-state index is 11.7. The minimum Gasteiger partial charge on any atom is -0.496 e. The minimum atomic E-state index is -3.60. The lowest BCUT2D eigenvalue weighted by Gasteiger charge is -2.04. The van der Waals surface area contributed by atoms with Gasteiger partial charge in [0, 0.05) is 5.38 Å². The van der Waals surface area contributed by atoms with Gasteiger partial charge in [-0.15, -0.1) is 11.3 Å². The van der Waals surface area contributed by atoms with Crippen LogP contribution in [0.25, 0.3) is 10.6 Å². The van der Waals surface area contributed by atoms with Gasteiger partial charge in [0.1, 0.15) is 16.5 Å². The van der Waals surface area contributed by atoms with E-state index in [2.05, 4.69) is 4.98 Å². The first-order valence-corrected chi connectivity index (χ1v) is 8.29. The van der Waals surface area contributed by atoms with E-state index in [1.165, 1.54) is 16.7 Å². The fraction of sp³-hybridized carbons (Fsp3) is 0.167. The van der Waals surface area contributed by atoms with E-state index >= 15 is 0 Å². The van der Waals surface area contributed by atoms with Gasteiger partial charge in [-0.25, -0.2) is 18.1 Å². The first-order valence-electron chi connectivity index (χ1n) is 5.52. The Hall–Kier alpha value is -1.93. The summed E-state index contributed by atoms with van der Waals surface area (Å²) in [5.41, 5.74) is 0.805. The van der Waals surface area contributed by atoms with Crippen LogP contribution in [0.3, 0.4) is 0 Å². The van der Waals surface area contributed by atoms with E-state index in [0.717, 1.165) is 11.8 Å². The summed E-state index contributed by atoms with van der Waals surface area (Å²) >= 11 is 1.24. The molecule has 1 aromatic heterocycles. The zero-order valence-corrected chi connectivity index (χ0v) is 12.4. The average Bonchev–Trinajstić information content (AvgIpc) is 2.86. The van der Waals surface area contributed by atoms with Crippen molar-refractivity contribution in [2.75, 3.05) is 13.4 Å². The Morgan fingerprint density at radius 3 is 2.70 bits per heavy atom. The van der Waals surface area contributed by atoms with Crippen molar-refractivity contribution in [2.45, 2.75) is 0 Å². The number of sulfonamides is 1. The van der Waals surface area contributed by atoms with Crippen LogP contribution in [0.4, 0.5) is 0 Å². The number of amides is 1. The second-order valence-corrected chi connectivity index (χ2v) is 6.55. The number of carbonyl (C=O) groups is 1. The van der Waals surface area contributed by atoms with E-state index in [0.29, 0.717) is 10.8 Å². The standard InChI is InChI=1S/C12H12N2O4S2/c1-18-10-6-4-3-5-8(10)12-13-9(7-19-12)11(15)14-20(2,16)17/h3-7H,1-2H3,(H,14,15). The smallest absolute Gasteiger partial charge is 0.284 e. The molecule has 0 saturated heterocycles. The lowest BCUT2D eigenvalue weighted by molar-refractivity contribution is 0.0977. The highest BCUT2D eigenvalue weighted by molar-refractivity contribution is 7.89. The normalized spacial score (nSPS) is 11.1. The zero-order valence-electron chi connectivity index (χ0n) is 10.8. The summed E-state index contributed by atoms with van der Waals surface area (Å²) in [5.74, 6) is -0.109. The van der Waals surface area contributed by atoms with Crippen LogP contribution in [0.15, 0.2) is 29.6 Å². The number of ether oxygens (including phenoxy) is 1. The van der Waals surface area contributed by atoms with E-state index in [1.54, 1.807) is 13.2 Å². The van der Waals surface area contributed by atoms with Crippen LogP contribution in [0.1, 0.15) is 10.5 Å². The molecule has 0 aliphatic carbocycles. The zero-order chi connectivity index (χ0) is 14.8. The van der Waals surface area contributed by atoms with Gasteiger partial charge in [-0.1, -0.05) is 12.1 Å². The maximum absolute atomic E-state index is 11.7. The fourth-order valence-corrected chi connectivity index (χ4v) is 2.81. The molecule has 1 N–H and O–H groups in total. The van der Waals surface area contributed by atoms with Crippen molar-refractivity contribution in [3.63, 3.8) is 0 Å². The van der Waals surface area contributed by atoms with E-state index in [1.807, 2.05) is 22.9 Å². The van der Waals surface area contributed by atoms with Crippen LogP contribution in [0.5, 0.6) is 5.75 Å². The Morgan fingerprint density at radius 1 is 1.35 bits per heavy atom. The Kier molecular flexibility index (Phi) is 4.05. The van der Waals surface area contributed by atoms with Gasteiger partial charge in [0.05, 0.1) is 18.9 Å². The SMILES string of the molecule is COc1ccccc1-c1nc(C(=O)NS(C)(=O)=O)cs1. The third kappa shape index (κ3) is 3.34. The molecule has 2 rings (SSSR count). The summed E-state index contributed by atoms with van der Waals surface area (Å²) in [5, 5.41) is 2.09. The number of rotatable bonds is 4. The number of hydrogen-bond acceptors (Lipinski definition) is 6. The molecule has 0 aliphatic heterocycles. The summed E-state index contributed by atoms with van der Waals surface area (Å²) in [6.07, 6.45) is 0.915. The molecule has 8 heteroatoms. The molecule has 0 atom stereocenters. The lowest BCUT2D eigenvalue weighted by Crippen LogP contribution is -2.29. The number of aromatic nitrogens is 1. The molecule has 0 radical (unpaired) electrons. The lowest BCUT2D eigenvalue weighted by atomic mass is 10.2.